The molecule has 0 radical (unpaired) electrons. The van der Waals surface area contributed by atoms with Gasteiger partial charge >= 0.3 is 5.97 Å². The molecule has 24 heavy (non-hydrogen) atoms. The third-order valence-corrected chi connectivity index (χ3v) is 3.45. The van der Waals surface area contributed by atoms with Crippen molar-refractivity contribution in [2.75, 3.05) is 6.61 Å². The lowest BCUT2D eigenvalue weighted by molar-refractivity contribution is -0.143. The molecule has 0 aliphatic rings. The van der Waals surface area contributed by atoms with Crippen LogP contribution in [-0.2, 0) is 9.53 Å². The summed E-state index contributed by atoms with van der Waals surface area (Å²) < 4.78 is 10.6. The predicted octanol–water partition coefficient (Wildman–Crippen LogP) is 4.02. The summed E-state index contributed by atoms with van der Waals surface area (Å²) in [5.41, 5.74) is 1.09. The number of phenols is 1. The largest absolute Gasteiger partial charge is 0.507 e. The Bertz CT molecular complexity index is 736. The van der Waals surface area contributed by atoms with E-state index in [1.165, 1.54) is 12.1 Å². The van der Waals surface area contributed by atoms with Crippen LogP contribution in [0.25, 0.3) is 0 Å². The summed E-state index contributed by atoms with van der Waals surface area (Å²) in [4.78, 5) is 23.6. The number of aromatic hydroxyl groups is 1. The van der Waals surface area contributed by atoms with Gasteiger partial charge in [-0.3, -0.25) is 9.59 Å². The number of benzene rings is 2. The number of ether oxygens (including phenoxy) is 2. The zero-order valence-corrected chi connectivity index (χ0v) is 13.7. The van der Waals surface area contributed by atoms with Gasteiger partial charge in [-0.25, -0.2) is 0 Å². The third-order valence-electron chi connectivity index (χ3n) is 3.45. The van der Waals surface area contributed by atoms with E-state index < -0.39 is 5.97 Å². The molecule has 0 heterocycles. The molecule has 2 aromatic carbocycles. The van der Waals surface area contributed by atoms with Gasteiger partial charge < -0.3 is 14.6 Å². The van der Waals surface area contributed by atoms with Crippen molar-refractivity contribution in [1.29, 1.82) is 0 Å². The van der Waals surface area contributed by atoms with E-state index in [0.717, 1.165) is 5.56 Å². The van der Waals surface area contributed by atoms with Crippen molar-refractivity contribution in [3.63, 3.8) is 0 Å². The maximum atomic E-state index is 12.2. The second kappa shape index (κ2) is 8.15. The van der Waals surface area contributed by atoms with E-state index in [-0.39, 0.29) is 36.5 Å². The van der Waals surface area contributed by atoms with Gasteiger partial charge in [-0.2, -0.15) is 0 Å². The van der Waals surface area contributed by atoms with Gasteiger partial charge in [-0.05, 0) is 43.7 Å². The first-order valence-electron chi connectivity index (χ1n) is 7.76. The summed E-state index contributed by atoms with van der Waals surface area (Å²) in [6.45, 7) is 3.90. The molecule has 0 unspecified atom stereocenters. The zero-order chi connectivity index (χ0) is 17.5. The molecule has 0 aromatic heterocycles. The number of aryl methyl sites for hydroxylation is 1. The van der Waals surface area contributed by atoms with Crippen LogP contribution < -0.4 is 4.74 Å². The Kier molecular flexibility index (Phi) is 5.95. The van der Waals surface area contributed by atoms with Gasteiger partial charge in [0.1, 0.15) is 17.2 Å². The Morgan fingerprint density at radius 3 is 2.54 bits per heavy atom. The van der Waals surface area contributed by atoms with Crippen LogP contribution in [0.3, 0.4) is 0 Å². The molecule has 5 heteroatoms. The summed E-state index contributed by atoms with van der Waals surface area (Å²) in [5.74, 6) is 0.212. The van der Waals surface area contributed by atoms with E-state index in [9.17, 15) is 14.7 Å². The molecule has 0 fully saturated rings. The Balaban J connectivity index is 2.12. The van der Waals surface area contributed by atoms with Gasteiger partial charge in [0.05, 0.1) is 18.6 Å². The van der Waals surface area contributed by atoms with Crippen LogP contribution >= 0.6 is 0 Å². The number of esters is 1. The van der Waals surface area contributed by atoms with Gasteiger partial charge in [-0.1, -0.05) is 18.2 Å². The maximum Gasteiger partial charge on any atom is 0.306 e. The third kappa shape index (κ3) is 4.59. The highest BCUT2D eigenvalue weighted by Gasteiger charge is 2.15. The first-order chi connectivity index (χ1) is 11.5. The minimum absolute atomic E-state index is 0.0189. The van der Waals surface area contributed by atoms with E-state index in [1.807, 2.05) is 31.2 Å². The van der Waals surface area contributed by atoms with Gasteiger partial charge in [0.25, 0.3) is 0 Å². The van der Waals surface area contributed by atoms with Gasteiger partial charge in [0.2, 0.25) is 0 Å². The van der Waals surface area contributed by atoms with E-state index in [1.54, 1.807) is 13.0 Å². The van der Waals surface area contributed by atoms with Crippen molar-refractivity contribution < 1.29 is 24.2 Å². The Morgan fingerprint density at radius 1 is 1.08 bits per heavy atom. The smallest absolute Gasteiger partial charge is 0.306 e. The van der Waals surface area contributed by atoms with Crippen LogP contribution in [-0.4, -0.2) is 23.5 Å². The molecule has 0 saturated carbocycles. The number of carbonyl (C=O) groups excluding carboxylic acids is 2. The second-order valence-electron chi connectivity index (χ2n) is 5.27. The summed E-state index contributed by atoms with van der Waals surface area (Å²) in [6.07, 6.45) is -0.0464. The second-order valence-corrected chi connectivity index (χ2v) is 5.27. The van der Waals surface area contributed by atoms with Crippen LogP contribution in [0.1, 0.15) is 35.7 Å². The highest BCUT2D eigenvalue weighted by Crippen LogP contribution is 2.29. The number of phenolic OH excluding ortho intramolecular Hbond substituents is 1. The van der Waals surface area contributed by atoms with Gasteiger partial charge in [0, 0.05) is 6.42 Å². The van der Waals surface area contributed by atoms with Crippen molar-refractivity contribution in [2.24, 2.45) is 0 Å². The van der Waals surface area contributed by atoms with E-state index in [2.05, 4.69) is 0 Å². The molecule has 0 aliphatic carbocycles. The number of carbonyl (C=O) groups is 2. The molecular formula is C19H20O5. The highest BCUT2D eigenvalue weighted by molar-refractivity contribution is 6.00. The van der Waals surface area contributed by atoms with Crippen molar-refractivity contribution >= 4 is 11.8 Å². The SMILES string of the molecule is CCOC(=O)CCC(=O)c1cc(Oc2ccccc2C)ccc1O. The Morgan fingerprint density at radius 2 is 1.83 bits per heavy atom. The lowest BCUT2D eigenvalue weighted by Crippen LogP contribution is -2.08. The molecule has 0 aliphatic heterocycles. The first-order valence-corrected chi connectivity index (χ1v) is 7.76. The molecule has 0 spiro atoms. The fraction of sp³-hybridized carbons (Fsp3) is 0.263. The van der Waals surface area contributed by atoms with Crippen LogP contribution in [0, 0.1) is 6.92 Å². The minimum atomic E-state index is -0.433. The van der Waals surface area contributed by atoms with Crippen LogP contribution in [0.4, 0.5) is 0 Å². The summed E-state index contributed by atoms with van der Waals surface area (Å²) >= 11 is 0. The summed E-state index contributed by atoms with van der Waals surface area (Å²) in [5, 5.41) is 9.90. The average molecular weight is 328 g/mol. The summed E-state index contributed by atoms with van der Waals surface area (Å²) in [6, 6.07) is 12.0. The zero-order valence-electron chi connectivity index (χ0n) is 13.7. The molecule has 1 N–H and O–H groups in total. The molecule has 2 rings (SSSR count). The molecule has 126 valence electrons. The standard InChI is InChI=1S/C19H20O5/c1-3-23-19(22)11-10-17(21)15-12-14(8-9-16(15)20)24-18-7-5-4-6-13(18)2/h4-9,12,20H,3,10-11H2,1-2H3. The fourth-order valence-electron chi connectivity index (χ4n) is 2.18. The van der Waals surface area contributed by atoms with Crippen LogP contribution in [0.5, 0.6) is 17.2 Å². The van der Waals surface area contributed by atoms with Crippen molar-refractivity contribution in [3.8, 4) is 17.2 Å². The highest BCUT2D eigenvalue weighted by atomic mass is 16.5. The molecule has 0 bridgehead atoms. The quantitative estimate of drug-likeness (QED) is 0.614. The average Bonchev–Trinajstić information content (AvgIpc) is 2.56. The molecule has 0 atom stereocenters. The van der Waals surface area contributed by atoms with Gasteiger partial charge in [-0.15, -0.1) is 0 Å². The Labute approximate surface area is 140 Å². The molecule has 0 amide bonds. The van der Waals surface area contributed by atoms with E-state index >= 15 is 0 Å². The number of hydrogen-bond acceptors (Lipinski definition) is 5. The molecule has 5 nitrogen and oxygen atoms in total. The number of rotatable bonds is 7. The number of para-hydroxylation sites is 1. The monoisotopic (exact) mass is 328 g/mol. The van der Waals surface area contributed by atoms with Crippen molar-refractivity contribution in [3.05, 3.63) is 53.6 Å². The van der Waals surface area contributed by atoms with Crippen molar-refractivity contribution in [2.45, 2.75) is 26.7 Å². The fourth-order valence-corrected chi connectivity index (χ4v) is 2.18. The molecule has 2 aromatic rings. The predicted molar refractivity (Wildman–Crippen MR) is 89.6 cm³/mol. The molecular weight excluding hydrogens is 308 g/mol. The topological polar surface area (TPSA) is 72.8 Å². The van der Waals surface area contributed by atoms with E-state index in [0.29, 0.717) is 11.5 Å². The lowest BCUT2D eigenvalue weighted by Gasteiger charge is -2.10. The van der Waals surface area contributed by atoms with Crippen LogP contribution in [0.15, 0.2) is 42.5 Å². The minimum Gasteiger partial charge on any atom is -0.507 e. The Hall–Kier alpha value is -2.82. The van der Waals surface area contributed by atoms with Crippen LogP contribution in [0.2, 0.25) is 0 Å². The van der Waals surface area contributed by atoms with Gasteiger partial charge in [0.15, 0.2) is 5.78 Å². The van der Waals surface area contributed by atoms with Crippen molar-refractivity contribution in [1.82, 2.24) is 0 Å². The van der Waals surface area contributed by atoms with E-state index in [4.69, 9.17) is 9.47 Å². The normalized spacial score (nSPS) is 10.2. The first kappa shape index (κ1) is 17.5. The lowest BCUT2D eigenvalue weighted by atomic mass is 10.1. The molecule has 0 saturated heterocycles. The maximum absolute atomic E-state index is 12.2. The number of hydrogen-bond donors (Lipinski definition) is 1. The number of ketones is 1. The number of Topliss-reactive ketones (excluding diaryl/α,β-unsaturated/α-hetero) is 1. The summed E-state index contributed by atoms with van der Waals surface area (Å²) in [7, 11) is 0.